The van der Waals surface area contributed by atoms with Crippen LogP contribution in [0.25, 0.3) is 0 Å². The number of hydrogen-bond acceptors (Lipinski definition) is 6. The van der Waals surface area contributed by atoms with Gasteiger partial charge in [-0.25, -0.2) is 9.59 Å². The third kappa shape index (κ3) is 2.92. The number of aliphatic hydroxyl groups excluding tert-OH is 1. The van der Waals surface area contributed by atoms with Gasteiger partial charge in [-0.2, -0.15) is 0 Å². The van der Waals surface area contributed by atoms with E-state index in [1.165, 1.54) is 6.92 Å². The summed E-state index contributed by atoms with van der Waals surface area (Å²) in [4.78, 5) is 22.2. The zero-order valence-electron chi connectivity index (χ0n) is 11.9. The van der Waals surface area contributed by atoms with Gasteiger partial charge in [0.1, 0.15) is 0 Å². The van der Waals surface area contributed by atoms with E-state index in [1.54, 1.807) is 26.0 Å². The number of aliphatic hydroxyl groups is 1. The number of esters is 1. The molecule has 1 aromatic rings. The van der Waals surface area contributed by atoms with Crippen molar-refractivity contribution in [3.63, 3.8) is 0 Å². The van der Waals surface area contributed by atoms with Crippen LogP contribution in [0.4, 0.5) is 4.79 Å². The second-order valence-electron chi connectivity index (χ2n) is 5.04. The number of ether oxygens (including phenoxy) is 3. The summed E-state index contributed by atoms with van der Waals surface area (Å²) in [6, 6.07) is 3.37. The van der Waals surface area contributed by atoms with Crippen LogP contribution >= 0.6 is 0 Å². The standard InChI is InChI=1S/C14H16O7/c1-7(15)6-9-4-5-10-11(8(9)2)21-14(3,20-10)12(16)19-13(17)18/h4-5,7,15H,6H2,1-3H3,(H,17,18)/t7?,14-/m1/s1. The number of benzene rings is 1. The van der Waals surface area contributed by atoms with E-state index in [4.69, 9.17) is 14.6 Å². The van der Waals surface area contributed by atoms with Crippen LogP contribution in [-0.4, -0.2) is 34.2 Å². The molecule has 0 aromatic heterocycles. The van der Waals surface area contributed by atoms with Gasteiger partial charge in [0.2, 0.25) is 0 Å². The van der Waals surface area contributed by atoms with Crippen LogP contribution in [0.3, 0.4) is 0 Å². The maximum Gasteiger partial charge on any atom is 0.513 e. The topological polar surface area (TPSA) is 102 Å². The van der Waals surface area contributed by atoms with Gasteiger partial charge in [-0.1, -0.05) is 6.07 Å². The Labute approximate surface area is 121 Å². The lowest BCUT2D eigenvalue weighted by molar-refractivity contribution is -0.175. The molecule has 21 heavy (non-hydrogen) atoms. The Morgan fingerprint density at radius 3 is 2.62 bits per heavy atom. The Kier molecular flexibility index (Phi) is 3.78. The van der Waals surface area contributed by atoms with E-state index >= 15 is 0 Å². The van der Waals surface area contributed by atoms with Crippen LogP contribution in [0, 0.1) is 6.92 Å². The lowest BCUT2D eigenvalue weighted by Crippen LogP contribution is -2.45. The van der Waals surface area contributed by atoms with Crippen LogP contribution in [0.5, 0.6) is 11.5 Å². The lowest BCUT2D eigenvalue weighted by atomic mass is 10.0. The molecule has 1 aliphatic heterocycles. The van der Waals surface area contributed by atoms with Crippen molar-refractivity contribution < 1.29 is 34.0 Å². The van der Waals surface area contributed by atoms with Crippen LogP contribution in [-0.2, 0) is 16.0 Å². The van der Waals surface area contributed by atoms with Crippen LogP contribution in [0.15, 0.2) is 12.1 Å². The van der Waals surface area contributed by atoms with E-state index in [0.717, 1.165) is 11.1 Å². The maximum absolute atomic E-state index is 11.7. The predicted octanol–water partition coefficient (Wildman–Crippen LogP) is 1.63. The number of hydrogen-bond donors (Lipinski definition) is 2. The smallest absolute Gasteiger partial charge is 0.449 e. The second-order valence-corrected chi connectivity index (χ2v) is 5.04. The van der Waals surface area contributed by atoms with Gasteiger partial charge in [-0.3, -0.25) is 0 Å². The third-order valence-electron chi connectivity index (χ3n) is 3.15. The maximum atomic E-state index is 11.7. The van der Waals surface area contributed by atoms with Crippen molar-refractivity contribution in [3.8, 4) is 11.5 Å². The van der Waals surface area contributed by atoms with Crippen LogP contribution < -0.4 is 9.47 Å². The highest BCUT2D eigenvalue weighted by Gasteiger charge is 2.48. The minimum absolute atomic E-state index is 0.326. The van der Waals surface area contributed by atoms with Gasteiger partial charge in [0.25, 0.3) is 0 Å². The molecule has 2 atom stereocenters. The predicted molar refractivity (Wildman–Crippen MR) is 70.3 cm³/mol. The molecule has 0 saturated heterocycles. The van der Waals surface area contributed by atoms with Crippen molar-refractivity contribution in [1.82, 2.24) is 0 Å². The average molecular weight is 296 g/mol. The molecule has 1 heterocycles. The summed E-state index contributed by atoms with van der Waals surface area (Å²) in [5.74, 6) is -2.32. The van der Waals surface area contributed by atoms with Crippen LogP contribution in [0.1, 0.15) is 25.0 Å². The summed E-state index contributed by atoms with van der Waals surface area (Å²) in [5, 5.41) is 17.9. The van der Waals surface area contributed by atoms with E-state index in [1.807, 2.05) is 0 Å². The van der Waals surface area contributed by atoms with E-state index < -0.39 is 24.0 Å². The molecule has 7 heteroatoms. The first-order valence-electron chi connectivity index (χ1n) is 6.36. The first kappa shape index (κ1) is 15.1. The van der Waals surface area contributed by atoms with Crippen LogP contribution in [0.2, 0.25) is 0 Å². The molecule has 0 spiro atoms. The molecule has 0 saturated carbocycles. The van der Waals surface area contributed by atoms with Gasteiger partial charge >= 0.3 is 17.9 Å². The zero-order valence-corrected chi connectivity index (χ0v) is 11.9. The number of carbonyl (C=O) groups is 2. The molecular weight excluding hydrogens is 280 g/mol. The highest BCUT2D eigenvalue weighted by atomic mass is 16.8. The normalized spacial score (nSPS) is 21.0. The number of fused-ring (bicyclic) bond motifs is 1. The highest BCUT2D eigenvalue weighted by Crippen LogP contribution is 2.43. The molecule has 0 radical (unpaired) electrons. The minimum atomic E-state index is -1.84. The summed E-state index contributed by atoms with van der Waals surface area (Å²) < 4.78 is 14.9. The fourth-order valence-corrected chi connectivity index (χ4v) is 2.13. The Balaban J connectivity index is 2.28. The molecule has 7 nitrogen and oxygen atoms in total. The first-order valence-corrected chi connectivity index (χ1v) is 6.36. The van der Waals surface area contributed by atoms with Crippen molar-refractivity contribution in [1.29, 1.82) is 0 Å². The fraction of sp³-hybridized carbons (Fsp3) is 0.429. The molecule has 2 rings (SSSR count). The molecule has 0 fully saturated rings. The van der Waals surface area contributed by atoms with Gasteiger partial charge in [0.15, 0.2) is 11.5 Å². The Hall–Kier alpha value is -2.28. The quantitative estimate of drug-likeness (QED) is 0.645. The monoisotopic (exact) mass is 296 g/mol. The molecule has 114 valence electrons. The molecule has 2 N–H and O–H groups in total. The van der Waals surface area contributed by atoms with E-state index in [9.17, 15) is 14.7 Å². The van der Waals surface area contributed by atoms with Gasteiger partial charge in [0, 0.05) is 6.92 Å². The molecule has 1 aromatic carbocycles. The number of carboxylic acid groups (broad SMARTS) is 1. The molecule has 0 amide bonds. The van der Waals surface area contributed by atoms with E-state index in [2.05, 4.69) is 4.74 Å². The fourth-order valence-electron chi connectivity index (χ4n) is 2.13. The Bertz CT molecular complexity index is 593. The minimum Gasteiger partial charge on any atom is -0.449 e. The summed E-state index contributed by atoms with van der Waals surface area (Å²) >= 11 is 0. The average Bonchev–Trinajstić information content (AvgIpc) is 2.71. The van der Waals surface area contributed by atoms with E-state index in [-0.39, 0.29) is 0 Å². The summed E-state index contributed by atoms with van der Waals surface area (Å²) in [6.07, 6.45) is -1.82. The van der Waals surface area contributed by atoms with Gasteiger partial charge < -0.3 is 24.4 Å². The Morgan fingerprint density at radius 2 is 2.05 bits per heavy atom. The van der Waals surface area contributed by atoms with Gasteiger partial charge in [0.05, 0.1) is 6.10 Å². The highest BCUT2D eigenvalue weighted by molar-refractivity contribution is 5.87. The largest absolute Gasteiger partial charge is 0.513 e. The molecule has 0 aliphatic carbocycles. The molecule has 1 unspecified atom stereocenters. The summed E-state index contributed by atoms with van der Waals surface area (Å²) in [7, 11) is 0. The Morgan fingerprint density at radius 1 is 1.38 bits per heavy atom. The molecule has 1 aliphatic rings. The first-order chi connectivity index (χ1) is 9.73. The van der Waals surface area contributed by atoms with Crippen molar-refractivity contribution >= 4 is 12.1 Å². The molecule has 0 bridgehead atoms. The second kappa shape index (κ2) is 5.25. The van der Waals surface area contributed by atoms with Crippen molar-refractivity contribution in [2.75, 3.05) is 0 Å². The van der Waals surface area contributed by atoms with Gasteiger partial charge in [-0.15, -0.1) is 0 Å². The van der Waals surface area contributed by atoms with Gasteiger partial charge in [-0.05, 0) is 37.5 Å². The third-order valence-corrected chi connectivity index (χ3v) is 3.15. The summed E-state index contributed by atoms with van der Waals surface area (Å²) in [6.45, 7) is 4.72. The van der Waals surface area contributed by atoms with Crippen molar-refractivity contribution in [3.05, 3.63) is 23.3 Å². The SMILES string of the molecule is Cc1c(CC(C)O)ccc2c1O[C@](C)(C(=O)OC(=O)O)O2. The zero-order chi connectivity index (χ0) is 15.8. The summed E-state index contributed by atoms with van der Waals surface area (Å²) in [5.41, 5.74) is 1.57. The van der Waals surface area contributed by atoms with Crippen molar-refractivity contribution in [2.45, 2.75) is 39.1 Å². The number of rotatable bonds is 3. The molecular formula is C14H16O7. The lowest BCUT2D eigenvalue weighted by Gasteiger charge is -2.19. The number of carbonyl (C=O) groups excluding carboxylic acids is 1. The van der Waals surface area contributed by atoms with E-state index in [0.29, 0.717) is 17.9 Å². The van der Waals surface area contributed by atoms with Crippen molar-refractivity contribution in [2.24, 2.45) is 0 Å².